The van der Waals surface area contributed by atoms with Crippen LogP contribution in [-0.2, 0) is 0 Å². The Morgan fingerprint density at radius 1 is 1.26 bits per heavy atom. The molecule has 2 aliphatic heterocycles. The van der Waals surface area contributed by atoms with Crippen LogP contribution in [-0.4, -0.2) is 58.9 Å². The van der Waals surface area contributed by atoms with Gasteiger partial charge in [-0.05, 0) is 44.0 Å². The van der Waals surface area contributed by atoms with Gasteiger partial charge in [0.15, 0.2) is 16.7 Å². The zero-order valence-corrected chi connectivity index (χ0v) is 17.1. The number of anilines is 1. The fraction of sp³-hybridized carbons (Fsp3) is 0.455. The number of benzene rings is 1. The maximum atomic E-state index is 13.1. The summed E-state index contributed by atoms with van der Waals surface area (Å²) in [5.74, 6) is 0.281. The van der Waals surface area contributed by atoms with E-state index in [1.807, 2.05) is 18.2 Å². The molecule has 5 rings (SSSR count). The Balaban J connectivity index is 1.54. The number of rotatable bonds is 6. The van der Waals surface area contributed by atoms with Crippen molar-refractivity contribution in [2.75, 3.05) is 24.6 Å². The number of piperazine rings is 1. The molecule has 164 valence electrons. The lowest BCUT2D eigenvalue weighted by Gasteiger charge is -2.31. The number of ether oxygens (including phenoxy) is 1. The van der Waals surface area contributed by atoms with Gasteiger partial charge in [-0.2, -0.15) is 4.98 Å². The monoisotopic (exact) mass is 430 g/mol. The standard InChI is InChI=1S/C22H24F2N4O3/c1-22(29,20(23)24)12-30-17-8-7-15(16-4-2-3-9-25-16)19-18(17)27-21(31-19)28-10-13-5-6-14(11-28)26-13/h2-4,7-9,13-14,20,26,29H,5-6,10-12H2,1H3. The first kappa shape index (κ1) is 20.1. The number of hydrogen-bond acceptors (Lipinski definition) is 7. The second-order valence-corrected chi connectivity index (χ2v) is 8.49. The van der Waals surface area contributed by atoms with Gasteiger partial charge in [0, 0.05) is 36.9 Å². The van der Waals surface area contributed by atoms with Gasteiger partial charge in [0.2, 0.25) is 0 Å². The van der Waals surface area contributed by atoms with Crippen molar-refractivity contribution >= 4 is 17.1 Å². The van der Waals surface area contributed by atoms with E-state index >= 15 is 0 Å². The summed E-state index contributed by atoms with van der Waals surface area (Å²) in [6.45, 7) is 2.06. The molecule has 2 fully saturated rings. The van der Waals surface area contributed by atoms with Crippen molar-refractivity contribution in [3.8, 4) is 17.0 Å². The SMILES string of the molecule is CC(O)(COc1ccc(-c2ccccn2)c2oc(N3CC4CCC(C3)N4)nc12)C(F)F. The van der Waals surface area contributed by atoms with E-state index in [0.29, 0.717) is 34.9 Å². The maximum Gasteiger partial charge on any atom is 0.298 e. The topological polar surface area (TPSA) is 83.7 Å². The van der Waals surface area contributed by atoms with Gasteiger partial charge >= 0.3 is 0 Å². The van der Waals surface area contributed by atoms with Crippen LogP contribution in [0.5, 0.6) is 5.75 Å². The Kier molecular flexibility index (Phi) is 5.02. The molecule has 2 bridgehead atoms. The van der Waals surface area contributed by atoms with E-state index in [2.05, 4.69) is 20.2 Å². The average molecular weight is 430 g/mol. The van der Waals surface area contributed by atoms with Crippen LogP contribution in [0.3, 0.4) is 0 Å². The van der Waals surface area contributed by atoms with Gasteiger partial charge in [0.05, 0.1) is 5.69 Å². The van der Waals surface area contributed by atoms with Crippen molar-refractivity contribution in [2.45, 2.75) is 43.9 Å². The molecule has 0 amide bonds. The molecule has 3 aromatic rings. The highest BCUT2D eigenvalue weighted by atomic mass is 19.3. The lowest BCUT2D eigenvalue weighted by atomic mass is 10.1. The Hall–Kier alpha value is -2.78. The first-order chi connectivity index (χ1) is 14.9. The highest BCUT2D eigenvalue weighted by Crippen LogP contribution is 2.37. The quantitative estimate of drug-likeness (QED) is 0.621. The molecule has 2 aromatic heterocycles. The Morgan fingerprint density at radius 3 is 2.71 bits per heavy atom. The Labute approximate surface area is 178 Å². The fourth-order valence-corrected chi connectivity index (χ4v) is 4.19. The van der Waals surface area contributed by atoms with Crippen LogP contribution in [0, 0.1) is 0 Å². The van der Waals surface area contributed by atoms with Crippen molar-refractivity contribution in [2.24, 2.45) is 0 Å². The number of aromatic nitrogens is 2. The van der Waals surface area contributed by atoms with Crippen molar-refractivity contribution in [1.29, 1.82) is 0 Å². The van der Waals surface area contributed by atoms with E-state index in [1.165, 1.54) is 0 Å². The van der Waals surface area contributed by atoms with Gasteiger partial charge in [-0.1, -0.05) is 6.07 Å². The number of halogens is 2. The van der Waals surface area contributed by atoms with Crippen LogP contribution in [0.25, 0.3) is 22.4 Å². The second kappa shape index (κ2) is 7.72. The van der Waals surface area contributed by atoms with Crippen LogP contribution in [0.2, 0.25) is 0 Å². The molecule has 31 heavy (non-hydrogen) atoms. The summed E-state index contributed by atoms with van der Waals surface area (Å²) in [6, 6.07) is 10.3. The van der Waals surface area contributed by atoms with Gasteiger partial charge in [-0.3, -0.25) is 4.98 Å². The average Bonchev–Trinajstić information content (AvgIpc) is 3.36. The maximum absolute atomic E-state index is 13.1. The van der Waals surface area contributed by atoms with Crippen molar-refractivity contribution in [3.05, 3.63) is 36.5 Å². The molecule has 2 N–H and O–H groups in total. The fourth-order valence-electron chi connectivity index (χ4n) is 4.19. The summed E-state index contributed by atoms with van der Waals surface area (Å²) in [7, 11) is 0. The van der Waals surface area contributed by atoms with E-state index in [-0.39, 0.29) is 5.75 Å². The minimum Gasteiger partial charge on any atom is -0.488 e. The number of nitrogens with one attached hydrogen (secondary N) is 1. The first-order valence-corrected chi connectivity index (χ1v) is 10.4. The van der Waals surface area contributed by atoms with Gasteiger partial charge in [0.25, 0.3) is 12.4 Å². The number of nitrogens with zero attached hydrogens (tertiary/aromatic N) is 3. The number of oxazole rings is 1. The summed E-state index contributed by atoms with van der Waals surface area (Å²) >= 11 is 0. The zero-order chi connectivity index (χ0) is 21.6. The summed E-state index contributed by atoms with van der Waals surface area (Å²) in [5, 5.41) is 13.5. The molecule has 0 radical (unpaired) electrons. The predicted molar refractivity (Wildman–Crippen MR) is 112 cm³/mol. The molecule has 2 saturated heterocycles. The van der Waals surface area contributed by atoms with Gasteiger partial charge < -0.3 is 24.5 Å². The first-order valence-electron chi connectivity index (χ1n) is 10.4. The summed E-state index contributed by atoms with van der Waals surface area (Å²) in [5.41, 5.74) is 0.0843. The summed E-state index contributed by atoms with van der Waals surface area (Å²) in [6.07, 6.45) is 1.01. The van der Waals surface area contributed by atoms with E-state index in [9.17, 15) is 13.9 Å². The summed E-state index contributed by atoms with van der Waals surface area (Å²) in [4.78, 5) is 11.2. The summed E-state index contributed by atoms with van der Waals surface area (Å²) < 4.78 is 37.9. The van der Waals surface area contributed by atoms with Crippen molar-refractivity contribution in [1.82, 2.24) is 15.3 Å². The lowest BCUT2D eigenvalue weighted by molar-refractivity contribution is -0.105. The number of fused-ring (bicyclic) bond motifs is 3. The molecule has 9 heteroatoms. The lowest BCUT2D eigenvalue weighted by Crippen LogP contribution is -2.51. The van der Waals surface area contributed by atoms with E-state index < -0.39 is 18.6 Å². The van der Waals surface area contributed by atoms with Crippen molar-refractivity contribution < 1.29 is 23.0 Å². The molecule has 0 saturated carbocycles. The van der Waals surface area contributed by atoms with Crippen LogP contribution in [0.15, 0.2) is 40.9 Å². The van der Waals surface area contributed by atoms with Gasteiger partial charge in [-0.15, -0.1) is 0 Å². The number of pyridine rings is 1. The number of hydrogen-bond donors (Lipinski definition) is 2. The van der Waals surface area contributed by atoms with Gasteiger partial charge in [-0.25, -0.2) is 8.78 Å². The third-order valence-corrected chi connectivity index (χ3v) is 5.91. The molecule has 4 heterocycles. The van der Waals surface area contributed by atoms with Crippen LogP contribution >= 0.6 is 0 Å². The number of aliphatic hydroxyl groups is 1. The molecule has 3 atom stereocenters. The van der Waals surface area contributed by atoms with Crippen LogP contribution in [0.4, 0.5) is 14.8 Å². The molecule has 0 spiro atoms. The zero-order valence-electron chi connectivity index (χ0n) is 17.1. The molecule has 0 aliphatic carbocycles. The van der Waals surface area contributed by atoms with E-state index in [1.54, 1.807) is 18.3 Å². The second-order valence-electron chi connectivity index (χ2n) is 8.49. The molecule has 3 unspecified atom stereocenters. The van der Waals surface area contributed by atoms with Gasteiger partial charge in [0.1, 0.15) is 12.4 Å². The highest BCUT2D eigenvalue weighted by molar-refractivity contribution is 5.94. The minimum atomic E-state index is -2.93. The largest absolute Gasteiger partial charge is 0.488 e. The third-order valence-electron chi connectivity index (χ3n) is 5.91. The molecule has 1 aromatic carbocycles. The normalized spacial score (nSPS) is 22.8. The third kappa shape index (κ3) is 3.83. The molecule has 2 aliphatic rings. The molecular formula is C22H24F2N4O3. The van der Waals surface area contributed by atoms with E-state index in [0.717, 1.165) is 38.4 Å². The smallest absolute Gasteiger partial charge is 0.298 e. The molecular weight excluding hydrogens is 406 g/mol. The minimum absolute atomic E-state index is 0.281. The Morgan fingerprint density at radius 2 is 2.03 bits per heavy atom. The van der Waals surface area contributed by atoms with Crippen LogP contribution < -0.4 is 15.0 Å². The highest BCUT2D eigenvalue weighted by Gasteiger charge is 2.35. The van der Waals surface area contributed by atoms with Crippen molar-refractivity contribution in [3.63, 3.8) is 0 Å². The number of alkyl halides is 2. The Bertz CT molecular complexity index is 1060. The van der Waals surface area contributed by atoms with Crippen LogP contribution in [0.1, 0.15) is 19.8 Å². The predicted octanol–water partition coefficient (Wildman–Crippen LogP) is 3.23. The van der Waals surface area contributed by atoms with E-state index in [4.69, 9.17) is 9.15 Å². The molecule has 7 nitrogen and oxygen atoms in total.